The lowest BCUT2D eigenvalue weighted by atomic mass is 10.1. The van der Waals surface area contributed by atoms with Crippen LogP contribution in [0.5, 0.6) is 0 Å². The maximum atomic E-state index is 4.95. The van der Waals surface area contributed by atoms with E-state index in [0.717, 1.165) is 46.9 Å². The van der Waals surface area contributed by atoms with E-state index < -0.39 is 0 Å². The fraction of sp³-hybridized carbons (Fsp3) is 0.318. The first-order valence-corrected chi connectivity index (χ1v) is 10.0. The molecule has 148 valence electrons. The van der Waals surface area contributed by atoms with E-state index >= 15 is 0 Å². The van der Waals surface area contributed by atoms with E-state index in [0.29, 0.717) is 12.1 Å². The summed E-state index contributed by atoms with van der Waals surface area (Å²) in [7, 11) is 2.20. The van der Waals surface area contributed by atoms with Gasteiger partial charge in [0.15, 0.2) is 5.65 Å². The molecular weight excluding hydrogens is 362 g/mol. The summed E-state index contributed by atoms with van der Waals surface area (Å²) < 4.78 is 1.95. The predicted octanol–water partition coefficient (Wildman–Crippen LogP) is 3.32. The number of H-pyrrole nitrogens is 1. The van der Waals surface area contributed by atoms with Crippen LogP contribution in [0, 0.1) is 0 Å². The average molecular weight is 387 g/mol. The number of nitrogens with zero attached hydrogens (tertiary/aromatic N) is 6. The lowest BCUT2D eigenvalue weighted by Gasteiger charge is -2.42. The van der Waals surface area contributed by atoms with Gasteiger partial charge in [0.2, 0.25) is 0 Å². The summed E-state index contributed by atoms with van der Waals surface area (Å²) in [5.41, 5.74) is 5.15. The normalized spacial score (nSPS) is 20.4. The first-order valence-electron chi connectivity index (χ1n) is 10.0. The van der Waals surface area contributed by atoms with Crippen LogP contribution in [0.4, 0.5) is 5.82 Å². The van der Waals surface area contributed by atoms with Gasteiger partial charge in [0.05, 0.1) is 18.1 Å². The Balaban J connectivity index is 1.49. The van der Waals surface area contributed by atoms with Gasteiger partial charge in [-0.15, -0.1) is 5.10 Å². The van der Waals surface area contributed by atoms with Crippen molar-refractivity contribution in [3.63, 3.8) is 0 Å². The number of imidazole rings is 1. The van der Waals surface area contributed by atoms with E-state index in [-0.39, 0.29) is 0 Å². The van der Waals surface area contributed by atoms with Crippen LogP contribution in [0.15, 0.2) is 55.0 Å². The van der Waals surface area contributed by atoms with Crippen molar-refractivity contribution in [2.24, 2.45) is 0 Å². The van der Waals surface area contributed by atoms with E-state index in [1.54, 1.807) is 0 Å². The van der Waals surface area contributed by atoms with E-state index in [1.165, 1.54) is 0 Å². The smallest absolute Gasteiger partial charge is 0.154 e. The zero-order valence-corrected chi connectivity index (χ0v) is 16.9. The molecular formula is C22H25N7. The van der Waals surface area contributed by atoms with E-state index in [1.807, 2.05) is 23.1 Å². The first kappa shape index (κ1) is 17.9. The van der Waals surface area contributed by atoms with Gasteiger partial charge in [-0.25, -0.2) is 9.50 Å². The van der Waals surface area contributed by atoms with Crippen molar-refractivity contribution in [1.82, 2.24) is 29.7 Å². The summed E-state index contributed by atoms with van der Waals surface area (Å²) in [6.45, 7) is 6.49. The molecule has 4 aromatic rings. The maximum Gasteiger partial charge on any atom is 0.154 e. The minimum absolute atomic E-state index is 0.494. The second-order valence-electron chi connectivity index (χ2n) is 7.94. The number of aromatic amines is 1. The topological polar surface area (TPSA) is 65.3 Å². The van der Waals surface area contributed by atoms with Crippen LogP contribution in [-0.2, 0) is 0 Å². The number of likely N-dealkylation sites (N-methyl/N-ethyl adjacent to an activating group) is 1. The van der Waals surface area contributed by atoms with Gasteiger partial charge >= 0.3 is 0 Å². The second-order valence-corrected chi connectivity index (χ2v) is 7.94. The van der Waals surface area contributed by atoms with Crippen molar-refractivity contribution in [1.29, 1.82) is 0 Å². The van der Waals surface area contributed by atoms with E-state index in [2.05, 4.69) is 82.3 Å². The zero-order valence-electron chi connectivity index (χ0n) is 16.9. The van der Waals surface area contributed by atoms with E-state index in [9.17, 15) is 0 Å². The number of hydrogen-bond acceptors (Lipinski definition) is 5. The molecule has 7 heteroatoms. The van der Waals surface area contributed by atoms with Crippen LogP contribution in [0.25, 0.3) is 28.0 Å². The van der Waals surface area contributed by atoms with Crippen molar-refractivity contribution < 1.29 is 0 Å². The Morgan fingerprint density at radius 3 is 2.31 bits per heavy atom. The average Bonchev–Trinajstić information content (AvgIpc) is 3.41. The zero-order chi connectivity index (χ0) is 20.0. The molecule has 29 heavy (non-hydrogen) atoms. The van der Waals surface area contributed by atoms with Crippen molar-refractivity contribution in [2.75, 3.05) is 25.0 Å². The van der Waals surface area contributed by atoms with Gasteiger partial charge < -0.3 is 4.90 Å². The molecule has 3 aromatic heterocycles. The third kappa shape index (κ3) is 3.17. The van der Waals surface area contributed by atoms with Gasteiger partial charge in [-0.1, -0.05) is 24.3 Å². The number of aromatic nitrogens is 5. The quantitative estimate of drug-likeness (QED) is 0.584. The summed E-state index contributed by atoms with van der Waals surface area (Å²) >= 11 is 0. The van der Waals surface area contributed by atoms with Crippen molar-refractivity contribution in [3.8, 4) is 22.4 Å². The molecule has 0 bridgehead atoms. The fourth-order valence-electron chi connectivity index (χ4n) is 4.06. The number of fused-ring (bicyclic) bond motifs is 1. The highest BCUT2D eigenvalue weighted by Gasteiger charge is 2.27. The first-order chi connectivity index (χ1) is 14.1. The Hall–Kier alpha value is -3.19. The summed E-state index contributed by atoms with van der Waals surface area (Å²) in [6.07, 6.45) is 5.62. The molecule has 1 aliphatic rings. The van der Waals surface area contributed by atoms with Gasteiger partial charge in [-0.3, -0.25) is 10.00 Å². The Bertz CT molecular complexity index is 1100. The van der Waals surface area contributed by atoms with E-state index in [4.69, 9.17) is 5.10 Å². The monoisotopic (exact) mass is 387 g/mol. The highest BCUT2D eigenvalue weighted by Crippen LogP contribution is 2.26. The molecule has 0 radical (unpaired) electrons. The van der Waals surface area contributed by atoms with Gasteiger partial charge in [0, 0.05) is 42.5 Å². The Morgan fingerprint density at radius 2 is 1.62 bits per heavy atom. The SMILES string of the molecule is C[C@@H]1CN(c2ccc3ncc(-c4ccc(-c5cn[nH]c5)cc4)n3n2)C[C@H](C)N1C. The molecule has 7 nitrogen and oxygen atoms in total. The molecule has 0 aliphatic carbocycles. The lowest BCUT2D eigenvalue weighted by molar-refractivity contribution is 0.169. The third-order valence-electron chi connectivity index (χ3n) is 6.04. The molecule has 1 aliphatic heterocycles. The number of nitrogens with one attached hydrogen (secondary N) is 1. The van der Waals surface area contributed by atoms with Crippen molar-refractivity contribution >= 4 is 11.5 Å². The number of benzene rings is 1. The number of anilines is 1. The number of rotatable bonds is 3. The van der Waals surface area contributed by atoms with Crippen molar-refractivity contribution in [3.05, 3.63) is 55.0 Å². The highest BCUT2D eigenvalue weighted by molar-refractivity contribution is 5.69. The molecule has 1 N–H and O–H groups in total. The number of piperazine rings is 1. The summed E-state index contributed by atoms with van der Waals surface area (Å²) in [5.74, 6) is 0.999. The standard InChI is InChI=1S/C22H25N7/c1-15-13-28(14-16(2)27(15)3)22-9-8-21-23-12-20(29(21)26-22)18-6-4-17(5-7-18)19-10-24-25-11-19/h4-12,15-16H,13-14H2,1-3H3,(H,24,25)/t15-,16+. The van der Waals surface area contributed by atoms with Gasteiger partial charge in [-0.2, -0.15) is 5.10 Å². The highest BCUT2D eigenvalue weighted by atomic mass is 15.4. The van der Waals surface area contributed by atoms with Gasteiger partial charge in [-0.05, 0) is 38.6 Å². The van der Waals surface area contributed by atoms with Crippen LogP contribution in [0.2, 0.25) is 0 Å². The van der Waals surface area contributed by atoms with Crippen LogP contribution in [-0.4, -0.2) is 61.9 Å². The Labute approximate surface area is 170 Å². The maximum absolute atomic E-state index is 4.95. The molecule has 1 saturated heterocycles. The molecule has 0 spiro atoms. The minimum atomic E-state index is 0.494. The van der Waals surface area contributed by atoms with Crippen LogP contribution in [0.3, 0.4) is 0 Å². The summed E-state index contributed by atoms with van der Waals surface area (Å²) in [5, 5.41) is 11.8. The molecule has 0 unspecified atom stereocenters. The van der Waals surface area contributed by atoms with Crippen molar-refractivity contribution in [2.45, 2.75) is 25.9 Å². The summed E-state index contributed by atoms with van der Waals surface area (Å²) in [4.78, 5) is 9.36. The Morgan fingerprint density at radius 1 is 0.897 bits per heavy atom. The minimum Gasteiger partial charge on any atom is -0.352 e. The predicted molar refractivity (Wildman–Crippen MR) is 115 cm³/mol. The van der Waals surface area contributed by atoms with Crippen LogP contribution < -0.4 is 4.90 Å². The largest absolute Gasteiger partial charge is 0.352 e. The molecule has 1 aromatic carbocycles. The molecule has 2 atom stereocenters. The molecule has 5 rings (SSSR count). The molecule has 4 heterocycles. The lowest BCUT2D eigenvalue weighted by Crippen LogP contribution is -2.55. The molecule has 1 fully saturated rings. The summed E-state index contributed by atoms with van der Waals surface area (Å²) in [6, 6.07) is 13.6. The van der Waals surface area contributed by atoms with Gasteiger partial charge in [0.25, 0.3) is 0 Å². The van der Waals surface area contributed by atoms with Gasteiger partial charge in [0.1, 0.15) is 5.82 Å². The third-order valence-corrected chi connectivity index (χ3v) is 6.04. The van der Waals surface area contributed by atoms with Crippen LogP contribution in [0.1, 0.15) is 13.8 Å². The van der Waals surface area contributed by atoms with Crippen LogP contribution >= 0.6 is 0 Å². The second kappa shape index (κ2) is 7.00. The number of hydrogen-bond donors (Lipinski definition) is 1. The molecule has 0 amide bonds. The Kier molecular flexibility index (Phi) is 4.32. The fourth-order valence-corrected chi connectivity index (χ4v) is 4.06. The molecule has 0 saturated carbocycles.